The molecule has 11 rings (SSSR count). The Hall–Kier alpha value is -6.84. The Morgan fingerprint density at radius 2 is 0.870 bits per heavy atom. The zero-order chi connectivity index (χ0) is 36.1. The number of hydrogen-bond acceptors (Lipinski definition) is 1. The van der Waals surface area contributed by atoms with Crippen molar-refractivity contribution in [2.45, 2.75) is 19.3 Å². The lowest BCUT2D eigenvalue weighted by Gasteiger charge is -2.24. The highest BCUT2D eigenvalue weighted by Gasteiger charge is 2.39. The quantitative estimate of drug-likeness (QED) is 0.195. The Bertz CT molecular complexity index is 3130. The maximum atomic E-state index is 12.8. The molecule has 1 N–H and O–H groups in total. The fourth-order valence-corrected chi connectivity index (χ4v) is 9.32. The van der Waals surface area contributed by atoms with Gasteiger partial charge in [-0.15, -0.1) is 0 Å². The SMILES string of the molecule is CC1(C)c2ccccc2-c2c1cc(-c1ccc3c(c1)c1ccccc1n3-c1ccccc1)c(O)c2-c1ccc2c(c1)c1ccccc1n2-c1ccccc1. The Kier molecular flexibility index (Phi) is 6.45. The van der Waals surface area contributed by atoms with E-state index in [1.165, 1.54) is 27.5 Å². The molecule has 2 heterocycles. The van der Waals surface area contributed by atoms with Crippen molar-refractivity contribution in [3.05, 3.63) is 187 Å². The largest absolute Gasteiger partial charge is 0.507 e. The van der Waals surface area contributed by atoms with E-state index in [0.29, 0.717) is 5.75 Å². The first-order chi connectivity index (χ1) is 26.5. The molecule has 0 saturated heterocycles. The number of phenolic OH excluding ortho intramolecular Hbond substituents is 1. The first-order valence-electron chi connectivity index (χ1n) is 18.7. The van der Waals surface area contributed by atoms with Gasteiger partial charge in [0.2, 0.25) is 0 Å². The normalized spacial score (nSPS) is 13.2. The van der Waals surface area contributed by atoms with Crippen LogP contribution in [0.3, 0.4) is 0 Å². The van der Waals surface area contributed by atoms with Gasteiger partial charge in [0, 0.05) is 49.5 Å². The van der Waals surface area contributed by atoms with Crippen molar-refractivity contribution < 1.29 is 5.11 Å². The average Bonchev–Trinajstić information content (AvgIpc) is 3.81. The molecule has 0 saturated carbocycles. The van der Waals surface area contributed by atoms with Crippen LogP contribution in [0.5, 0.6) is 5.75 Å². The van der Waals surface area contributed by atoms with E-state index in [0.717, 1.165) is 72.0 Å². The summed E-state index contributed by atoms with van der Waals surface area (Å²) < 4.78 is 4.68. The highest BCUT2D eigenvalue weighted by atomic mass is 16.3. The first kappa shape index (κ1) is 30.8. The van der Waals surface area contributed by atoms with Crippen molar-refractivity contribution in [2.75, 3.05) is 0 Å². The monoisotopic (exact) mass is 692 g/mol. The molecule has 0 amide bonds. The molecule has 3 heteroatoms. The lowest BCUT2D eigenvalue weighted by atomic mass is 9.80. The van der Waals surface area contributed by atoms with Crippen molar-refractivity contribution in [2.24, 2.45) is 0 Å². The summed E-state index contributed by atoms with van der Waals surface area (Å²) in [5, 5.41) is 17.5. The predicted octanol–water partition coefficient (Wildman–Crippen LogP) is 13.2. The van der Waals surface area contributed by atoms with Crippen molar-refractivity contribution >= 4 is 43.6 Å². The zero-order valence-corrected chi connectivity index (χ0v) is 30.1. The van der Waals surface area contributed by atoms with Crippen molar-refractivity contribution in [1.29, 1.82) is 0 Å². The summed E-state index contributed by atoms with van der Waals surface area (Å²) >= 11 is 0. The second-order valence-corrected chi connectivity index (χ2v) is 15.1. The molecule has 0 radical (unpaired) electrons. The van der Waals surface area contributed by atoms with Gasteiger partial charge in [-0.1, -0.05) is 123 Å². The Morgan fingerprint density at radius 3 is 1.48 bits per heavy atom. The van der Waals surface area contributed by atoms with Gasteiger partial charge in [0.25, 0.3) is 0 Å². The number of hydrogen-bond donors (Lipinski definition) is 1. The van der Waals surface area contributed by atoms with Crippen LogP contribution in [0.2, 0.25) is 0 Å². The van der Waals surface area contributed by atoms with Gasteiger partial charge in [-0.3, -0.25) is 0 Å². The van der Waals surface area contributed by atoms with Crippen LogP contribution in [-0.2, 0) is 5.41 Å². The highest BCUT2D eigenvalue weighted by Crippen LogP contribution is 2.57. The number of phenols is 1. The van der Waals surface area contributed by atoms with Gasteiger partial charge in [-0.05, 0) is 100 Å². The fourth-order valence-electron chi connectivity index (χ4n) is 9.32. The summed E-state index contributed by atoms with van der Waals surface area (Å²) in [6.07, 6.45) is 0. The van der Waals surface area contributed by atoms with E-state index < -0.39 is 0 Å². The smallest absolute Gasteiger partial charge is 0.131 e. The molecule has 54 heavy (non-hydrogen) atoms. The molecule has 0 aliphatic heterocycles. The molecule has 0 fully saturated rings. The standard InChI is InChI=1S/C51H36N2O/c1-51(2)42-22-12-9-21-38(42)49-43(51)31-39(32-25-27-46-40(29-32)36-19-10-13-23-44(36)52(46)34-15-5-3-6-16-34)50(54)48(49)33-26-28-47-41(30-33)37-20-11-14-24-45(37)53(47)35-17-7-4-8-18-35/h3-31,54H,1-2H3. The molecule has 256 valence electrons. The number of nitrogens with zero attached hydrogens (tertiary/aromatic N) is 2. The van der Waals surface area contributed by atoms with E-state index in [2.05, 4.69) is 199 Å². The van der Waals surface area contributed by atoms with Gasteiger partial charge in [0.1, 0.15) is 5.75 Å². The molecule has 3 nitrogen and oxygen atoms in total. The van der Waals surface area contributed by atoms with E-state index in [4.69, 9.17) is 0 Å². The van der Waals surface area contributed by atoms with Crippen LogP contribution in [0.15, 0.2) is 176 Å². The van der Waals surface area contributed by atoms with E-state index in [9.17, 15) is 5.11 Å². The lowest BCUT2D eigenvalue weighted by Crippen LogP contribution is -2.15. The molecule has 0 spiro atoms. The van der Waals surface area contributed by atoms with Crippen molar-refractivity contribution in [3.63, 3.8) is 0 Å². The van der Waals surface area contributed by atoms with Crippen LogP contribution in [0.4, 0.5) is 0 Å². The van der Waals surface area contributed by atoms with E-state index in [1.807, 2.05) is 0 Å². The number of fused-ring (bicyclic) bond motifs is 9. The Morgan fingerprint density at radius 1 is 0.389 bits per heavy atom. The van der Waals surface area contributed by atoms with E-state index in [-0.39, 0.29) is 5.41 Å². The van der Waals surface area contributed by atoms with Gasteiger partial charge in [0.15, 0.2) is 0 Å². The summed E-state index contributed by atoms with van der Waals surface area (Å²) in [5.41, 5.74) is 15.1. The van der Waals surface area contributed by atoms with Gasteiger partial charge < -0.3 is 14.2 Å². The third kappa shape index (κ3) is 4.24. The van der Waals surface area contributed by atoms with Crippen molar-refractivity contribution in [1.82, 2.24) is 9.13 Å². The zero-order valence-electron chi connectivity index (χ0n) is 30.1. The number of para-hydroxylation sites is 4. The number of rotatable bonds is 4. The molecular weight excluding hydrogens is 657 g/mol. The van der Waals surface area contributed by atoms with Crippen LogP contribution < -0.4 is 0 Å². The summed E-state index contributed by atoms with van der Waals surface area (Å²) in [5.74, 6) is 0.304. The van der Waals surface area contributed by atoms with E-state index >= 15 is 0 Å². The molecule has 8 aromatic carbocycles. The van der Waals surface area contributed by atoms with Crippen LogP contribution in [0.1, 0.15) is 25.0 Å². The van der Waals surface area contributed by atoms with Crippen LogP contribution in [-0.4, -0.2) is 14.2 Å². The lowest BCUT2D eigenvalue weighted by molar-refractivity contribution is 0.479. The molecule has 0 bridgehead atoms. The maximum Gasteiger partial charge on any atom is 0.131 e. The Balaban J connectivity index is 1.20. The fraction of sp³-hybridized carbons (Fsp3) is 0.0588. The minimum absolute atomic E-state index is 0.260. The molecular formula is C51H36N2O. The summed E-state index contributed by atoms with van der Waals surface area (Å²) in [4.78, 5) is 0. The molecule has 1 aliphatic rings. The van der Waals surface area contributed by atoms with Crippen LogP contribution in [0, 0.1) is 0 Å². The topological polar surface area (TPSA) is 30.1 Å². The first-order valence-corrected chi connectivity index (χ1v) is 18.7. The second-order valence-electron chi connectivity index (χ2n) is 15.1. The number of benzene rings is 8. The third-order valence-corrected chi connectivity index (χ3v) is 11.8. The molecule has 0 atom stereocenters. The van der Waals surface area contributed by atoms with E-state index in [1.54, 1.807) is 0 Å². The minimum atomic E-state index is -0.260. The highest BCUT2D eigenvalue weighted by molar-refractivity contribution is 6.13. The Labute approximate surface area is 313 Å². The van der Waals surface area contributed by atoms with Gasteiger partial charge in [-0.2, -0.15) is 0 Å². The van der Waals surface area contributed by atoms with Crippen molar-refractivity contribution in [3.8, 4) is 50.5 Å². The predicted molar refractivity (Wildman–Crippen MR) is 225 cm³/mol. The molecule has 0 unspecified atom stereocenters. The van der Waals surface area contributed by atoms with Gasteiger partial charge in [0.05, 0.1) is 22.1 Å². The minimum Gasteiger partial charge on any atom is -0.507 e. The summed E-state index contributed by atoms with van der Waals surface area (Å²) in [6, 6.07) is 62.7. The number of aromatic hydroxyl groups is 1. The second kappa shape index (κ2) is 11.3. The molecule has 1 aliphatic carbocycles. The third-order valence-electron chi connectivity index (χ3n) is 11.8. The molecule has 10 aromatic rings. The maximum absolute atomic E-state index is 12.8. The van der Waals surface area contributed by atoms with Crippen LogP contribution in [0.25, 0.3) is 88.4 Å². The van der Waals surface area contributed by atoms with Gasteiger partial charge in [-0.25, -0.2) is 0 Å². The van der Waals surface area contributed by atoms with Crippen LogP contribution >= 0.6 is 0 Å². The van der Waals surface area contributed by atoms with Gasteiger partial charge >= 0.3 is 0 Å². The average molecular weight is 693 g/mol. The number of aromatic nitrogens is 2. The molecule has 2 aromatic heterocycles. The summed E-state index contributed by atoms with van der Waals surface area (Å²) in [7, 11) is 0. The summed E-state index contributed by atoms with van der Waals surface area (Å²) in [6.45, 7) is 4.63.